The van der Waals surface area contributed by atoms with Gasteiger partial charge >= 0.3 is 0 Å². The molecule has 1 unspecified atom stereocenters. The van der Waals surface area contributed by atoms with Crippen molar-refractivity contribution in [1.29, 1.82) is 0 Å². The summed E-state index contributed by atoms with van der Waals surface area (Å²) in [5.41, 5.74) is 0. The highest BCUT2D eigenvalue weighted by atomic mass is 16.1. The van der Waals surface area contributed by atoms with Gasteiger partial charge in [-0.25, -0.2) is 0 Å². The van der Waals surface area contributed by atoms with Crippen molar-refractivity contribution < 1.29 is 4.79 Å². The van der Waals surface area contributed by atoms with Gasteiger partial charge in [-0.05, 0) is 19.5 Å². The van der Waals surface area contributed by atoms with Gasteiger partial charge in [0.05, 0.1) is 12.7 Å². The molecular weight excluding hydrogens is 152 g/mol. The maximum absolute atomic E-state index is 10.7. The van der Waals surface area contributed by atoms with Crippen LogP contribution in [0.15, 0.2) is 0 Å². The maximum atomic E-state index is 10.7. The number of likely N-dealkylation sites (N-methyl/N-ethyl adjacent to an activating group) is 1. The molecule has 1 aliphatic heterocycles. The second-order valence-electron chi connectivity index (χ2n) is 3.25. The van der Waals surface area contributed by atoms with Gasteiger partial charge in [-0.2, -0.15) is 0 Å². The van der Waals surface area contributed by atoms with E-state index in [2.05, 4.69) is 23.6 Å². The zero-order valence-corrected chi connectivity index (χ0v) is 7.99. The highest BCUT2D eigenvalue weighted by Gasteiger charge is 2.23. The van der Waals surface area contributed by atoms with Crippen LogP contribution >= 0.6 is 0 Å². The molecule has 1 fully saturated rings. The average Bonchev–Trinajstić information content (AvgIpc) is 2.16. The van der Waals surface area contributed by atoms with Gasteiger partial charge in [-0.1, -0.05) is 13.8 Å². The van der Waals surface area contributed by atoms with E-state index >= 15 is 0 Å². The highest BCUT2D eigenvalue weighted by molar-refractivity contribution is 5.57. The van der Waals surface area contributed by atoms with Crippen molar-refractivity contribution in [3.63, 3.8) is 0 Å². The van der Waals surface area contributed by atoms with E-state index in [9.17, 15) is 4.79 Å². The number of carbonyl (C=O) groups excluding carboxylic acids is 1. The van der Waals surface area contributed by atoms with E-state index < -0.39 is 0 Å². The monoisotopic (exact) mass is 170 g/mol. The van der Waals surface area contributed by atoms with Crippen LogP contribution < -0.4 is 0 Å². The molecule has 0 amide bonds. The molecule has 1 heterocycles. The van der Waals surface area contributed by atoms with Gasteiger partial charge in [0.2, 0.25) is 0 Å². The van der Waals surface area contributed by atoms with Crippen LogP contribution in [0.3, 0.4) is 0 Å². The molecule has 0 radical (unpaired) electrons. The van der Waals surface area contributed by atoms with E-state index in [-0.39, 0.29) is 6.04 Å². The first kappa shape index (κ1) is 9.68. The standard InChI is InChI=1S/C9H18N2O/c1-3-10-6-5-9(7-12)11(4-2)8-10/h7,9H,3-6,8H2,1-2H3. The predicted molar refractivity (Wildman–Crippen MR) is 49.0 cm³/mol. The first-order valence-electron chi connectivity index (χ1n) is 4.73. The predicted octanol–water partition coefficient (Wildman–Crippen LogP) is 0.559. The molecule has 0 aromatic carbocycles. The molecule has 0 aromatic heterocycles. The molecule has 1 saturated heterocycles. The lowest BCUT2D eigenvalue weighted by Crippen LogP contribution is -2.50. The summed E-state index contributed by atoms with van der Waals surface area (Å²) >= 11 is 0. The third-order valence-corrected chi connectivity index (χ3v) is 2.60. The molecule has 3 heteroatoms. The van der Waals surface area contributed by atoms with Crippen LogP contribution in [0.2, 0.25) is 0 Å². The summed E-state index contributed by atoms with van der Waals surface area (Å²) in [6.45, 7) is 8.35. The molecule has 0 saturated carbocycles. The van der Waals surface area contributed by atoms with Crippen molar-refractivity contribution >= 4 is 6.29 Å². The molecule has 12 heavy (non-hydrogen) atoms. The molecular formula is C9H18N2O. The third-order valence-electron chi connectivity index (χ3n) is 2.60. The summed E-state index contributed by atoms with van der Waals surface area (Å²) < 4.78 is 0. The van der Waals surface area contributed by atoms with Crippen LogP contribution in [-0.2, 0) is 4.79 Å². The number of hydrogen-bond donors (Lipinski definition) is 0. The Labute approximate surface area is 74.3 Å². The number of hydrogen-bond acceptors (Lipinski definition) is 3. The van der Waals surface area contributed by atoms with Crippen molar-refractivity contribution in [1.82, 2.24) is 9.80 Å². The lowest BCUT2D eigenvalue weighted by molar-refractivity contribution is -0.115. The van der Waals surface area contributed by atoms with Gasteiger partial charge in [-0.3, -0.25) is 9.80 Å². The molecule has 1 atom stereocenters. The van der Waals surface area contributed by atoms with Crippen molar-refractivity contribution in [3.05, 3.63) is 0 Å². The van der Waals surface area contributed by atoms with Crippen LogP contribution in [0.1, 0.15) is 20.3 Å². The van der Waals surface area contributed by atoms with E-state index in [1.54, 1.807) is 0 Å². The van der Waals surface area contributed by atoms with Gasteiger partial charge in [0, 0.05) is 6.54 Å². The van der Waals surface area contributed by atoms with Crippen LogP contribution in [-0.4, -0.2) is 48.4 Å². The quantitative estimate of drug-likeness (QED) is 0.578. The Hall–Kier alpha value is -0.410. The Morgan fingerprint density at radius 1 is 1.42 bits per heavy atom. The fraction of sp³-hybridized carbons (Fsp3) is 0.889. The second kappa shape index (κ2) is 4.58. The topological polar surface area (TPSA) is 23.6 Å². The number of aldehydes is 1. The minimum Gasteiger partial charge on any atom is -0.302 e. The van der Waals surface area contributed by atoms with Gasteiger partial charge in [0.15, 0.2) is 0 Å². The fourth-order valence-corrected chi connectivity index (χ4v) is 1.68. The fourth-order valence-electron chi connectivity index (χ4n) is 1.68. The van der Waals surface area contributed by atoms with Crippen LogP contribution in [0.25, 0.3) is 0 Å². The average molecular weight is 170 g/mol. The number of carbonyl (C=O) groups is 1. The highest BCUT2D eigenvalue weighted by Crippen LogP contribution is 2.10. The van der Waals surface area contributed by atoms with Gasteiger partial charge in [0.1, 0.15) is 6.29 Å². The van der Waals surface area contributed by atoms with E-state index in [1.807, 2.05) is 0 Å². The summed E-state index contributed by atoms with van der Waals surface area (Å²) in [4.78, 5) is 15.3. The Bertz CT molecular complexity index is 149. The number of nitrogens with zero attached hydrogens (tertiary/aromatic N) is 2. The Balaban J connectivity index is 2.46. The van der Waals surface area contributed by atoms with Gasteiger partial charge < -0.3 is 4.79 Å². The van der Waals surface area contributed by atoms with Crippen LogP contribution in [0, 0.1) is 0 Å². The molecule has 1 aliphatic rings. The molecule has 1 rings (SSSR count). The van der Waals surface area contributed by atoms with E-state index in [1.165, 1.54) is 0 Å². The smallest absolute Gasteiger partial charge is 0.137 e. The van der Waals surface area contributed by atoms with Crippen molar-refractivity contribution in [2.75, 3.05) is 26.3 Å². The summed E-state index contributed by atoms with van der Waals surface area (Å²) in [6, 6.07) is 0.165. The molecule has 0 aliphatic carbocycles. The second-order valence-corrected chi connectivity index (χ2v) is 3.25. The summed E-state index contributed by atoms with van der Waals surface area (Å²) in [5.74, 6) is 0. The molecule has 0 bridgehead atoms. The number of rotatable bonds is 3. The van der Waals surface area contributed by atoms with Crippen molar-refractivity contribution in [2.45, 2.75) is 26.3 Å². The van der Waals surface area contributed by atoms with E-state index in [0.29, 0.717) is 0 Å². The van der Waals surface area contributed by atoms with E-state index in [0.717, 1.165) is 39.0 Å². The largest absolute Gasteiger partial charge is 0.302 e. The summed E-state index contributed by atoms with van der Waals surface area (Å²) in [6.07, 6.45) is 2.07. The third kappa shape index (κ3) is 2.05. The zero-order valence-electron chi connectivity index (χ0n) is 7.99. The maximum Gasteiger partial charge on any atom is 0.137 e. The lowest BCUT2D eigenvalue weighted by Gasteiger charge is -2.38. The summed E-state index contributed by atoms with van der Waals surface area (Å²) in [5, 5.41) is 0. The van der Waals surface area contributed by atoms with Crippen molar-refractivity contribution in [3.8, 4) is 0 Å². The Morgan fingerprint density at radius 2 is 2.17 bits per heavy atom. The first-order valence-corrected chi connectivity index (χ1v) is 4.73. The normalized spacial score (nSPS) is 27.3. The van der Waals surface area contributed by atoms with Crippen LogP contribution in [0.5, 0.6) is 0 Å². The molecule has 3 nitrogen and oxygen atoms in total. The van der Waals surface area contributed by atoms with Gasteiger partial charge in [-0.15, -0.1) is 0 Å². The van der Waals surface area contributed by atoms with E-state index in [4.69, 9.17) is 0 Å². The van der Waals surface area contributed by atoms with Gasteiger partial charge in [0.25, 0.3) is 0 Å². The van der Waals surface area contributed by atoms with Crippen molar-refractivity contribution in [2.24, 2.45) is 0 Å². The van der Waals surface area contributed by atoms with Crippen LogP contribution in [0.4, 0.5) is 0 Å². The summed E-state index contributed by atoms with van der Waals surface area (Å²) in [7, 11) is 0. The minimum absolute atomic E-state index is 0.165. The molecule has 0 aromatic rings. The minimum atomic E-state index is 0.165. The Morgan fingerprint density at radius 3 is 2.67 bits per heavy atom. The molecule has 0 spiro atoms. The Kier molecular flexibility index (Phi) is 3.69. The SMILES string of the molecule is CCN1CCC(C=O)N(CC)C1. The molecule has 70 valence electrons. The molecule has 0 N–H and O–H groups in total. The zero-order chi connectivity index (χ0) is 8.97. The lowest BCUT2D eigenvalue weighted by atomic mass is 10.1. The first-order chi connectivity index (χ1) is 5.81.